The fourth-order valence-corrected chi connectivity index (χ4v) is 2.82. The summed E-state index contributed by atoms with van der Waals surface area (Å²) in [5.41, 5.74) is 1.28. The zero-order valence-corrected chi connectivity index (χ0v) is 13.6. The molecule has 0 aromatic heterocycles. The second-order valence-corrected chi connectivity index (χ2v) is 5.89. The second-order valence-electron chi connectivity index (χ2n) is 5.89. The summed E-state index contributed by atoms with van der Waals surface area (Å²) in [6.07, 6.45) is 6.45. The number of nitrogens with zero attached hydrogens (tertiary/aromatic N) is 1. The first-order valence-corrected chi connectivity index (χ1v) is 8.41. The minimum absolute atomic E-state index is 0.304. The Kier molecular flexibility index (Phi) is 7.23. The van der Waals surface area contributed by atoms with E-state index >= 15 is 0 Å². The van der Waals surface area contributed by atoms with Crippen LogP contribution in [-0.2, 0) is 11.2 Å². The zero-order valence-electron chi connectivity index (χ0n) is 13.6. The van der Waals surface area contributed by atoms with Gasteiger partial charge in [-0.1, -0.05) is 25.0 Å². The number of ether oxygens (including phenoxy) is 1. The predicted octanol–water partition coefficient (Wildman–Crippen LogP) is 2.62. The van der Waals surface area contributed by atoms with Crippen molar-refractivity contribution in [3.05, 3.63) is 29.8 Å². The molecule has 122 valence electrons. The van der Waals surface area contributed by atoms with Crippen LogP contribution < -0.4 is 10.1 Å². The normalized spacial score (nSPS) is 15.4. The molecule has 0 radical (unpaired) electrons. The maximum Gasteiger partial charge on any atom is 0.223 e. The van der Waals surface area contributed by atoms with Gasteiger partial charge in [0.1, 0.15) is 5.75 Å². The van der Waals surface area contributed by atoms with E-state index in [0.29, 0.717) is 12.3 Å². The minimum Gasteiger partial charge on any atom is -0.497 e. The number of carbonyl (C=O) groups is 1. The van der Waals surface area contributed by atoms with Crippen LogP contribution in [0.1, 0.15) is 37.7 Å². The van der Waals surface area contributed by atoms with Gasteiger partial charge in [-0.15, -0.1) is 0 Å². The average Bonchev–Trinajstić information content (AvgIpc) is 2.84. The van der Waals surface area contributed by atoms with Crippen molar-refractivity contribution in [2.75, 3.05) is 33.3 Å². The van der Waals surface area contributed by atoms with Crippen molar-refractivity contribution in [1.82, 2.24) is 10.2 Å². The van der Waals surface area contributed by atoms with Crippen molar-refractivity contribution in [1.29, 1.82) is 0 Å². The van der Waals surface area contributed by atoms with Gasteiger partial charge in [0.15, 0.2) is 0 Å². The number of likely N-dealkylation sites (tertiary alicyclic amines) is 1. The van der Waals surface area contributed by atoms with Crippen molar-refractivity contribution in [3.63, 3.8) is 0 Å². The smallest absolute Gasteiger partial charge is 0.223 e. The topological polar surface area (TPSA) is 41.6 Å². The first-order valence-electron chi connectivity index (χ1n) is 8.41. The summed E-state index contributed by atoms with van der Waals surface area (Å²) in [4.78, 5) is 14.2. The maximum absolute atomic E-state index is 12.1. The lowest BCUT2D eigenvalue weighted by atomic mass is 10.1. The highest BCUT2D eigenvalue weighted by Crippen LogP contribution is 2.12. The van der Waals surface area contributed by atoms with Gasteiger partial charge in [0.2, 0.25) is 5.91 Å². The van der Waals surface area contributed by atoms with Gasteiger partial charge < -0.3 is 15.0 Å². The molecule has 0 atom stereocenters. The largest absolute Gasteiger partial charge is 0.497 e. The summed E-state index contributed by atoms with van der Waals surface area (Å²) in [6, 6.07) is 8.14. The predicted molar refractivity (Wildman–Crippen MR) is 89.2 cm³/mol. The van der Waals surface area contributed by atoms with Gasteiger partial charge in [0, 0.05) is 26.1 Å². The van der Waals surface area contributed by atoms with E-state index in [1.807, 2.05) is 17.0 Å². The van der Waals surface area contributed by atoms with Gasteiger partial charge in [-0.25, -0.2) is 0 Å². The summed E-state index contributed by atoms with van der Waals surface area (Å²) in [5.74, 6) is 1.19. The number of amides is 1. The number of nitrogens with one attached hydrogen (secondary N) is 1. The number of methoxy groups -OCH3 is 1. The first-order chi connectivity index (χ1) is 10.8. The highest BCUT2D eigenvalue weighted by atomic mass is 16.5. The van der Waals surface area contributed by atoms with E-state index in [9.17, 15) is 4.79 Å². The first kappa shape index (κ1) is 16.8. The molecule has 4 heteroatoms. The highest BCUT2D eigenvalue weighted by molar-refractivity contribution is 5.76. The molecule has 0 spiro atoms. The van der Waals surface area contributed by atoms with Crippen molar-refractivity contribution < 1.29 is 9.53 Å². The lowest BCUT2D eigenvalue weighted by Crippen LogP contribution is -2.34. The van der Waals surface area contributed by atoms with Gasteiger partial charge in [0.25, 0.3) is 0 Å². The van der Waals surface area contributed by atoms with Crippen LogP contribution in [0.15, 0.2) is 24.3 Å². The Labute approximate surface area is 133 Å². The van der Waals surface area contributed by atoms with Crippen LogP contribution in [0, 0.1) is 0 Å². The zero-order chi connectivity index (χ0) is 15.6. The van der Waals surface area contributed by atoms with Gasteiger partial charge >= 0.3 is 0 Å². The van der Waals surface area contributed by atoms with E-state index in [4.69, 9.17) is 4.74 Å². The third-order valence-corrected chi connectivity index (χ3v) is 4.22. The fourth-order valence-electron chi connectivity index (χ4n) is 2.82. The third-order valence-electron chi connectivity index (χ3n) is 4.22. The lowest BCUT2D eigenvalue weighted by molar-refractivity contribution is -0.131. The molecule has 1 aliphatic rings. The van der Waals surface area contributed by atoms with Crippen LogP contribution in [0.2, 0.25) is 0 Å². The molecule has 1 aliphatic heterocycles. The molecule has 1 fully saturated rings. The Morgan fingerprint density at radius 3 is 2.41 bits per heavy atom. The molecule has 1 aromatic carbocycles. The average molecular weight is 304 g/mol. The summed E-state index contributed by atoms with van der Waals surface area (Å²) in [5, 5.41) is 3.37. The SMILES string of the molecule is COc1ccc(CCNCCC(=O)N2CCCCCC2)cc1. The van der Waals surface area contributed by atoms with Crippen molar-refractivity contribution in [2.45, 2.75) is 38.5 Å². The van der Waals surface area contributed by atoms with E-state index < -0.39 is 0 Å². The van der Waals surface area contributed by atoms with E-state index in [1.54, 1.807) is 7.11 Å². The second kappa shape index (κ2) is 9.46. The van der Waals surface area contributed by atoms with Gasteiger partial charge in [0.05, 0.1) is 7.11 Å². The molecule has 0 unspecified atom stereocenters. The quantitative estimate of drug-likeness (QED) is 0.787. The molecule has 0 bridgehead atoms. The van der Waals surface area contributed by atoms with Crippen LogP contribution in [0.25, 0.3) is 0 Å². The van der Waals surface area contributed by atoms with Crippen LogP contribution in [0.4, 0.5) is 0 Å². The molecule has 1 heterocycles. The molecule has 1 saturated heterocycles. The van der Waals surface area contributed by atoms with Crippen LogP contribution in [-0.4, -0.2) is 44.1 Å². The number of rotatable bonds is 7. The molecule has 4 nitrogen and oxygen atoms in total. The summed E-state index contributed by atoms with van der Waals surface area (Å²) < 4.78 is 5.15. The standard InChI is InChI=1S/C18H28N2O2/c1-22-17-8-6-16(7-9-17)10-12-19-13-11-18(21)20-14-4-2-3-5-15-20/h6-9,19H,2-5,10-15H2,1H3. The van der Waals surface area contributed by atoms with Gasteiger partial charge in [-0.05, 0) is 43.5 Å². The summed E-state index contributed by atoms with van der Waals surface area (Å²) in [7, 11) is 1.68. The van der Waals surface area contributed by atoms with Crippen molar-refractivity contribution >= 4 is 5.91 Å². The van der Waals surface area contributed by atoms with E-state index in [-0.39, 0.29) is 0 Å². The van der Waals surface area contributed by atoms with Crippen LogP contribution >= 0.6 is 0 Å². The minimum atomic E-state index is 0.304. The Balaban J connectivity index is 1.59. The maximum atomic E-state index is 12.1. The molecule has 0 saturated carbocycles. The number of carbonyl (C=O) groups excluding carboxylic acids is 1. The Bertz CT molecular complexity index is 437. The fraction of sp³-hybridized carbons (Fsp3) is 0.611. The monoisotopic (exact) mass is 304 g/mol. The van der Waals surface area contributed by atoms with Gasteiger partial charge in [-0.2, -0.15) is 0 Å². The molecule has 1 aromatic rings. The highest BCUT2D eigenvalue weighted by Gasteiger charge is 2.14. The molecular weight excluding hydrogens is 276 g/mol. The summed E-state index contributed by atoms with van der Waals surface area (Å²) >= 11 is 0. The molecule has 0 aliphatic carbocycles. The molecular formula is C18H28N2O2. The molecule has 22 heavy (non-hydrogen) atoms. The van der Waals surface area contributed by atoms with E-state index in [2.05, 4.69) is 17.4 Å². The number of hydrogen-bond donors (Lipinski definition) is 1. The molecule has 1 amide bonds. The van der Waals surface area contributed by atoms with E-state index in [1.165, 1.54) is 18.4 Å². The van der Waals surface area contributed by atoms with Crippen LogP contribution in [0.5, 0.6) is 5.75 Å². The third kappa shape index (κ3) is 5.68. The van der Waals surface area contributed by atoms with Gasteiger partial charge in [-0.3, -0.25) is 4.79 Å². The van der Waals surface area contributed by atoms with Crippen molar-refractivity contribution in [3.8, 4) is 5.75 Å². The number of benzene rings is 1. The van der Waals surface area contributed by atoms with Crippen LogP contribution in [0.3, 0.4) is 0 Å². The Hall–Kier alpha value is -1.55. The van der Waals surface area contributed by atoms with E-state index in [0.717, 1.165) is 51.2 Å². The summed E-state index contributed by atoms with van der Waals surface area (Å²) in [6.45, 7) is 3.57. The lowest BCUT2D eigenvalue weighted by Gasteiger charge is -2.20. The Morgan fingerprint density at radius 2 is 1.77 bits per heavy atom. The van der Waals surface area contributed by atoms with Crippen molar-refractivity contribution in [2.24, 2.45) is 0 Å². The molecule has 2 rings (SSSR count). The molecule has 1 N–H and O–H groups in total. The number of hydrogen-bond acceptors (Lipinski definition) is 3. The Morgan fingerprint density at radius 1 is 1.09 bits per heavy atom.